The lowest BCUT2D eigenvalue weighted by Crippen LogP contribution is -2.33. The number of anilines is 1. The van der Waals surface area contributed by atoms with Gasteiger partial charge in [-0.25, -0.2) is 0 Å². The minimum absolute atomic E-state index is 0.196. The summed E-state index contributed by atoms with van der Waals surface area (Å²) >= 11 is 0. The van der Waals surface area contributed by atoms with Crippen LogP contribution in [0.25, 0.3) is 10.8 Å². The third-order valence-corrected chi connectivity index (χ3v) is 6.34. The summed E-state index contributed by atoms with van der Waals surface area (Å²) in [4.78, 5) is 13.4. The normalized spacial score (nSPS) is 18.8. The van der Waals surface area contributed by atoms with E-state index in [1.807, 2.05) is 0 Å². The summed E-state index contributed by atoms with van der Waals surface area (Å²) in [6.45, 7) is 3.27. The second-order valence-electron chi connectivity index (χ2n) is 8.08. The molecule has 1 aliphatic rings. The van der Waals surface area contributed by atoms with Gasteiger partial charge in [-0.1, -0.05) is 60.7 Å². The molecule has 1 N–H and O–H groups in total. The van der Waals surface area contributed by atoms with E-state index in [9.17, 15) is 4.79 Å². The number of rotatable bonds is 7. The summed E-state index contributed by atoms with van der Waals surface area (Å²) in [5.41, 5.74) is 3.84. The Hall–Kier alpha value is -2.81. The van der Waals surface area contributed by atoms with Gasteiger partial charge in [0.15, 0.2) is 0 Å². The topological polar surface area (TPSA) is 40.5 Å². The summed E-state index contributed by atoms with van der Waals surface area (Å²) < 4.78 is 0. The van der Waals surface area contributed by atoms with Crippen molar-refractivity contribution < 1.29 is 9.90 Å². The zero-order valence-corrected chi connectivity index (χ0v) is 17.1. The van der Waals surface area contributed by atoms with Crippen molar-refractivity contribution in [3.05, 3.63) is 77.9 Å². The van der Waals surface area contributed by atoms with Gasteiger partial charge in [0.1, 0.15) is 0 Å². The summed E-state index contributed by atoms with van der Waals surface area (Å²) in [5.74, 6) is -0.154. The standard InChI is InChI=1S/C26H29NO2/c1-2-27(25-9-5-7-21-6-3-4-8-24(21)25)23-16-15-22(18-23)20-13-10-19(11-14-20)12-17-26(28)29/h3-11,13-14,22-23H,2,12,15-18H2,1H3,(H,28,29). The zero-order valence-electron chi connectivity index (χ0n) is 17.1. The van der Waals surface area contributed by atoms with Gasteiger partial charge >= 0.3 is 5.97 Å². The number of benzene rings is 3. The molecule has 1 aliphatic carbocycles. The van der Waals surface area contributed by atoms with E-state index in [1.165, 1.54) is 41.3 Å². The van der Waals surface area contributed by atoms with Crippen LogP contribution >= 0.6 is 0 Å². The molecule has 0 heterocycles. The maximum absolute atomic E-state index is 10.8. The molecule has 0 amide bonds. The highest BCUT2D eigenvalue weighted by Crippen LogP contribution is 2.40. The highest BCUT2D eigenvalue weighted by molar-refractivity contribution is 5.94. The van der Waals surface area contributed by atoms with Crippen LogP contribution in [0.15, 0.2) is 66.7 Å². The van der Waals surface area contributed by atoms with Crippen LogP contribution < -0.4 is 4.90 Å². The van der Waals surface area contributed by atoms with Gasteiger partial charge in [0.2, 0.25) is 0 Å². The molecule has 0 radical (unpaired) electrons. The second kappa shape index (κ2) is 8.69. The van der Waals surface area contributed by atoms with E-state index in [0.717, 1.165) is 12.1 Å². The van der Waals surface area contributed by atoms with Gasteiger partial charge in [0, 0.05) is 30.1 Å². The molecular weight excluding hydrogens is 358 g/mol. The molecule has 3 aromatic rings. The minimum Gasteiger partial charge on any atom is -0.481 e. The lowest BCUT2D eigenvalue weighted by Gasteiger charge is -2.31. The van der Waals surface area contributed by atoms with Crippen molar-refractivity contribution in [1.29, 1.82) is 0 Å². The Morgan fingerprint density at radius 3 is 2.52 bits per heavy atom. The van der Waals surface area contributed by atoms with E-state index in [1.54, 1.807) is 0 Å². The molecule has 3 heteroatoms. The SMILES string of the molecule is CCN(c1cccc2ccccc12)C1CCC(c2ccc(CCC(=O)O)cc2)C1. The Morgan fingerprint density at radius 2 is 1.76 bits per heavy atom. The molecule has 0 aromatic heterocycles. The predicted molar refractivity (Wildman–Crippen MR) is 120 cm³/mol. The molecule has 3 nitrogen and oxygen atoms in total. The van der Waals surface area contributed by atoms with Gasteiger partial charge < -0.3 is 10.0 Å². The van der Waals surface area contributed by atoms with Crippen molar-refractivity contribution in [3.63, 3.8) is 0 Å². The van der Waals surface area contributed by atoms with Gasteiger partial charge in [-0.05, 0) is 61.1 Å². The molecule has 4 rings (SSSR count). The largest absolute Gasteiger partial charge is 0.481 e. The van der Waals surface area contributed by atoms with Crippen LogP contribution in [-0.4, -0.2) is 23.7 Å². The van der Waals surface area contributed by atoms with E-state index < -0.39 is 5.97 Å². The molecule has 2 unspecified atom stereocenters. The number of hydrogen-bond donors (Lipinski definition) is 1. The fourth-order valence-corrected chi connectivity index (χ4v) is 4.84. The first-order valence-corrected chi connectivity index (χ1v) is 10.7. The molecule has 1 saturated carbocycles. The van der Waals surface area contributed by atoms with E-state index in [2.05, 4.69) is 78.6 Å². The lowest BCUT2D eigenvalue weighted by atomic mass is 9.95. The van der Waals surface area contributed by atoms with Gasteiger partial charge in [-0.3, -0.25) is 4.79 Å². The van der Waals surface area contributed by atoms with E-state index in [0.29, 0.717) is 18.4 Å². The smallest absolute Gasteiger partial charge is 0.303 e. The van der Waals surface area contributed by atoms with Crippen molar-refractivity contribution >= 4 is 22.4 Å². The number of aliphatic carboxylic acids is 1. The lowest BCUT2D eigenvalue weighted by molar-refractivity contribution is -0.136. The average molecular weight is 388 g/mol. The molecular formula is C26H29NO2. The molecule has 0 bridgehead atoms. The molecule has 2 atom stereocenters. The number of carboxylic acids is 1. The molecule has 150 valence electrons. The number of carbonyl (C=O) groups is 1. The summed E-state index contributed by atoms with van der Waals surface area (Å²) in [6.07, 6.45) is 4.39. The van der Waals surface area contributed by atoms with Crippen LogP contribution in [0.5, 0.6) is 0 Å². The monoisotopic (exact) mass is 387 g/mol. The molecule has 0 aliphatic heterocycles. The van der Waals surface area contributed by atoms with Crippen LogP contribution in [-0.2, 0) is 11.2 Å². The fraction of sp³-hybridized carbons (Fsp3) is 0.346. The molecule has 29 heavy (non-hydrogen) atoms. The average Bonchev–Trinajstić information content (AvgIpc) is 3.23. The first-order valence-electron chi connectivity index (χ1n) is 10.7. The third kappa shape index (κ3) is 4.29. The van der Waals surface area contributed by atoms with Crippen molar-refractivity contribution in [2.45, 2.75) is 51.0 Å². The van der Waals surface area contributed by atoms with Gasteiger partial charge in [-0.2, -0.15) is 0 Å². The number of nitrogens with zero attached hydrogens (tertiary/aromatic N) is 1. The maximum atomic E-state index is 10.8. The highest BCUT2D eigenvalue weighted by atomic mass is 16.4. The van der Waals surface area contributed by atoms with Crippen molar-refractivity contribution in [3.8, 4) is 0 Å². The van der Waals surface area contributed by atoms with Crippen LogP contribution in [0, 0.1) is 0 Å². The van der Waals surface area contributed by atoms with E-state index >= 15 is 0 Å². The number of hydrogen-bond acceptors (Lipinski definition) is 2. The Kier molecular flexibility index (Phi) is 5.84. The molecule has 1 fully saturated rings. The predicted octanol–water partition coefficient (Wildman–Crippen LogP) is 6.02. The third-order valence-electron chi connectivity index (χ3n) is 6.34. The quantitative estimate of drug-likeness (QED) is 0.539. The molecule has 0 saturated heterocycles. The fourth-order valence-electron chi connectivity index (χ4n) is 4.84. The maximum Gasteiger partial charge on any atom is 0.303 e. The van der Waals surface area contributed by atoms with Gasteiger partial charge in [-0.15, -0.1) is 0 Å². The van der Waals surface area contributed by atoms with Crippen LogP contribution in [0.4, 0.5) is 5.69 Å². The number of fused-ring (bicyclic) bond motifs is 1. The zero-order chi connectivity index (χ0) is 20.2. The van der Waals surface area contributed by atoms with Crippen LogP contribution in [0.3, 0.4) is 0 Å². The Morgan fingerprint density at radius 1 is 1.00 bits per heavy atom. The second-order valence-corrected chi connectivity index (χ2v) is 8.08. The summed E-state index contributed by atoms with van der Waals surface area (Å²) in [7, 11) is 0. The first kappa shape index (κ1) is 19.5. The van der Waals surface area contributed by atoms with E-state index in [-0.39, 0.29) is 6.42 Å². The van der Waals surface area contributed by atoms with Crippen LogP contribution in [0.1, 0.15) is 49.7 Å². The van der Waals surface area contributed by atoms with Crippen molar-refractivity contribution in [2.24, 2.45) is 0 Å². The van der Waals surface area contributed by atoms with Gasteiger partial charge in [0.05, 0.1) is 0 Å². The van der Waals surface area contributed by atoms with Crippen molar-refractivity contribution in [2.75, 3.05) is 11.4 Å². The van der Waals surface area contributed by atoms with Crippen LogP contribution in [0.2, 0.25) is 0 Å². The number of aryl methyl sites for hydroxylation is 1. The first-order chi connectivity index (χ1) is 14.2. The number of carboxylic acid groups (broad SMARTS) is 1. The molecule has 0 spiro atoms. The Bertz CT molecular complexity index is 974. The molecule has 3 aromatic carbocycles. The summed E-state index contributed by atoms with van der Waals surface area (Å²) in [5, 5.41) is 11.5. The van der Waals surface area contributed by atoms with E-state index in [4.69, 9.17) is 5.11 Å². The minimum atomic E-state index is -0.735. The van der Waals surface area contributed by atoms with Gasteiger partial charge in [0.25, 0.3) is 0 Å². The Balaban J connectivity index is 1.49. The van der Waals surface area contributed by atoms with Crippen molar-refractivity contribution in [1.82, 2.24) is 0 Å². The highest BCUT2D eigenvalue weighted by Gasteiger charge is 2.30. The Labute approximate surface area is 173 Å². The summed E-state index contributed by atoms with van der Waals surface area (Å²) in [6, 6.07) is 24.5.